The number of halogens is 1. The number of hydrogen-bond acceptors (Lipinski definition) is 4. The molecule has 1 amide bonds. The molecule has 6 heteroatoms. The first kappa shape index (κ1) is 19.1. The summed E-state index contributed by atoms with van der Waals surface area (Å²) in [6, 6.07) is 6.88. The average molecular weight is 347 g/mol. The number of oxazole rings is 1. The second kappa shape index (κ2) is 8.76. The molecule has 0 saturated carbocycles. The molecule has 136 valence electrons. The number of hydrogen-bond donors (Lipinski definition) is 1. The molecule has 0 aliphatic carbocycles. The summed E-state index contributed by atoms with van der Waals surface area (Å²) < 4.78 is 18.9. The third-order valence-electron chi connectivity index (χ3n) is 4.03. The van der Waals surface area contributed by atoms with Gasteiger partial charge < -0.3 is 9.73 Å². The van der Waals surface area contributed by atoms with Crippen LogP contribution in [0.2, 0.25) is 0 Å². The lowest BCUT2D eigenvalue weighted by atomic mass is 10.1. The van der Waals surface area contributed by atoms with Crippen molar-refractivity contribution in [2.24, 2.45) is 0 Å². The zero-order chi connectivity index (χ0) is 18.4. The van der Waals surface area contributed by atoms with Gasteiger partial charge in [-0.05, 0) is 44.9 Å². The molecule has 25 heavy (non-hydrogen) atoms. The minimum Gasteiger partial charge on any atom is -0.447 e. The standard InChI is InChI=1S/C19H26FN3O2/c1-5-14(4)23(10-15-7-6-8-16(20)9-15)11-18-22-17(12-25-18)19(24)21-13(2)3/h6-9,12-14H,5,10-11H2,1-4H3,(H,21,24). The summed E-state index contributed by atoms with van der Waals surface area (Å²) in [6.45, 7) is 9.03. The maximum atomic E-state index is 13.4. The molecule has 1 unspecified atom stereocenters. The van der Waals surface area contributed by atoms with E-state index in [1.54, 1.807) is 6.07 Å². The third-order valence-corrected chi connectivity index (χ3v) is 4.03. The van der Waals surface area contributed by atoms with E-state index in [1.165, 1.54) is 18.4 Å². The van der Waals surface area contributed by atoms with Crippen molar-refractivity contribution >= 4 is 5.91 Å². The van der Waals surface area contributed by atoms with Gasteiger partial charge in [0.1, 0.15) is 12.1 Å². The van der Waals surface area contributed by atoms with Crippen molar-refractivity contribution in [1.29, 1.82) is 0 Å². The SMILES string of the molecule is CCC(C)N(Cc1cccc(F)c1)Cc1nc(C(=O)NC(C)C)co1. The first-order chi connectivity index (χ1) is 11.9. The smallest absolute Gasteiger partial charge is 0.273 e. The summed E-state index contributed by atoms with van der Waals surface area (Å²) in [5, 5.41) is 2.79. The monoisotopic (exact) mass is 347 g/mol. The van der Waals surface area contributed by atoms with E-state index in [0.29, 0.717) is 19.0 Å². The third kappa shape index (κ3) is 5.67. The number of aromatic nitrogens is 1. The number of benzene rings is 1. The Hall–Kier alpha value is -2.21. The molecular weight excluding hydrogens is 321 g/mol. The molecule has 1 aromatic heterocycles. The molecule has 0 aliphatic rings. The van der Waals surface area contributed by atoms with Crippen LogP contribution in [0.15, 0.2) is 34.9 Å². The Morgan fingerprint density at radius 3 is 2.72 bits per heavy atom. The largest absolute Gasteiger partial charge is 0.447 e. The lowest BCUT2D eigenvalue weighted by Gasteiger charge is -2.27. The van der Waals surface area contributed by atoms with Gasteiger partial charge in [0, 0.05) is 18.6 Å². The lowest BCUT2D eigenvalue weighted by Crippen LogP contribution is -2.32. The molecule has 0 spiro atoms. The number of carbonyl (C=O) groups excluding carboxylic acids is 1. The molecule has 0 bridgehead atoms. The van der Waals surface area contributed by atoms with E-state index in [2.05, 4.69) is 29.0 Å². The van der Waals surface area contributed by atoms with Crippen LogP contribution in [-0.4, -0.2) is 27.9 Å². The first-order valence-corrected chi connectivity index (χ1v) is 8.62. The van der Waals surface area contributed by atoms with E-state index < -0.39 is 0 Å². The van der Waals surface area contributed by atoms with Crippen molar-refractivity contribution in [3.05, 3.63) is 53.5 Å². The van der Waals surface area contributed by atoms with Crippen LogP contribution in [0.1, 0.15) is 56.1 Å². The normalized spacial score (nSPS) is 12.6. The van der Waals surface area contributed by atoms with Crippen molar-refractivity contribution in [1.82, 2.24) is 15.2 Å². The highest BCUT2D eigenvalue weighted by Crippen LogP contribution is 2.16. The maximum Gasteiger partial charge on any atom is 0.273 e. The summed E-state index contributed by atoms with van der Waals surface area (Å²) in [4.78, 5) is 18.4. The Labute approximate surface area is 148 Å². The Bertz CT molecular complexity index is 699. The number of nitrogens with one attached hydrogen (secondary N) is 1. The van der Waals surface area contributed by atoms with Gasteiger partial charge in [0.05, 0.1) is 6.54 Å². The van der Waals surface area contributed by atoms with Crippen molar-refractivity contribution in [3.63, 3.8) is 0 Å². The molecule has 1 heterocycles. The fourth-order valence-corrected chi connectivity index (χ4v) is 2.49. The Morgan fingerprint density at radius 2 is 2.08 bits per heavy atom. The van der Waals surface area contributed by atoms with Crippen molar-refractivity contribution < 1.29 is 13.6 Å². The molecule has 2 rings (SSSR count). The van der Waals surface area contributed by atoms with Gasteiger partial charge in [0.15, 0.2) is 5.69 Å². The van der Waals surface area contributed by atoms with Crippen LogP contribution in [0.4, 0.5) is 4.39 Å². The Balaban J connectivity index is 2.09. The van der Waals surface area contributed by atoms with Crippen molar-refractivity contribution in [2.75, 3.05) is 0 Å². The van der Waals surface area contributed by atoms with Gasteiger partial charge >= 0.3 is 0 Å². The van der Waals surface area contributed by atoms with Gasteiger partial charge in [-0.15, -0.1) is 0 Å². The lowest BCUT2D eigenvalue weighted by molar-refractivity contribution is 0.0938. The molecule has 0 aliphatic heterocycles. The molecule has 1 N–H and O–H groups in total. The topological polar surface area (TPSA) is 58.4 Å². The zero-order valence-corrected chi connectivity index (χ0v) is 15.3. The van der Waals surface area contributed by atoms with E-state index in [9.17, 15) is 9.18 Å². The van der Waals surface area contributed by atoms with Crippen LogP contribution in [0.25, 0.3) is 0 Å². The molecule has 1 aromatic carbocycles. The quantitative estimate of drug-likeness (QED) is 0.790. The highest BCUT2D eigenvalue weighted by Gasteiger charge is 2.18. The minimum absolute atomic E-state index is 0.0391. The highest BCUT2D eigenvalue weighted by atomic mass is 19.1. The van der Waals surface area contributed by atoms with Crippen LogP contribution in [0, 0.1) is 5.82 Å². The van der Waals surface area contributed by atoms with E-state index in [-0.39, 0.29) is 29.5 Å². The minimum atomic E-state index is -0.245. The highest BCUT2D eigenvalue weighted by molar-refractivity contribution is 5.92. The van der Waals surface area contributed by atoms with Crippen molar-refractivity contribution in [3.8, 4) is 0 Å². The molecule has 5 nitrogen and oxygen atoms in total. The molecular formula is C19H26FN3O2. The zero-order valence-electron chi connectivity index (χ0n) is 15.3. The summed E-state index contributed by atoms with van der Waals surface area (Å²) >= 11 is 0. The van der Waals surface area contributed by atoms with Crippen LogP contribution in [0.5, 0.6) is 0 Å². The second-order valence-electron chi connectivity index (χ2n) is 6.55. The Morgan fingerprint density at radius 1 is 1.32 bits per heavy atom. The predicted octanol–water partition coefficient (Wildman–Crippen LogP) is 3.75. The predicted molar refractivity (Wildman–Crippen MR) is 94.5 cm³/mol. The molecule has 0 saturated heterocycles. The van der Waals surface area contributed by atoms with Gasteiger partial charge in [-0.3, -0.25) is 9.69 Å². The number of amides is 1. The molecule has 0 radical (unpaired) electrons. The average Bonchev–Trinajstić information content (AvgIpc) is 3.01. The van der Waals surface area contributed by atoms with E-state index >= 15 is 0 Å². The first-order valence-electron chi connectivity index (χ1n) is 8.62. The summed E-state index contributed by atoms with van der Waals surface area (Å²) in [7, 11) is 0. The van der Waals surface area contributed by atoms with Gasteiger partial charge in [-0.1, -0.05) is 19.1 Å². The van der Waals surface area contributed by atoms with Gasteiger partial charge in [-0.25, -0.2) is 9.37 Å². The summed E-state index contributed by atoms with van der Waals surface area (Å²) in [5.74, 6) is -0.0128. The molecule has 1 atom stereocenters. The van der Waals surface area contributed by atoms with Crippen LogP contribution < -0.4 is 5.32 Å². The molecule has 2 aromatic rings. The summed E-state index contributed by atoms with van der Waals surface area (Å²) in [6.07, 6.45) is 2.32. The van der Waals surface area contributed by atoms with E-state index in [1.807, 2.05) is 19.9 Å². The Kier molecular flexibility index (Phi) is 6.70. The summed E-state index contributed by atoms with van der Waals surface area (Å²) in [5.41, 5.74) is 1.17. The van der Waals surface area contributed by atoms with E-state index in [0.717, 1.165) is 12.0 Å². The van der Waals surface area contributed by atoms with Gasteiger partial charge in [0.2, 0.25) is 5.89 Å². The maximum absolute atomic E-state index is 13.4. The fourth-order valence-electron chi connectivity index (χ4n) is 2.49. The number of carbonyl (C=O) groups is 1. The van der Waals surface area contributed by atoms with E-state index in [4.69, 9.17) is 4.42 Å². The van der Waals surface area contributed by atoms with Gasteiger partial charge in [0.25, 0.3) is 5.91 Å². The van der Waals surface area contributed by atoms with Crippen LogP contribution in [0.3, 0.4) is 0 Å². The van der Waals surface area contributed by atoms with Crippen LogP contribution in [-0.2, 0) is 13.1 Å². The fraction of sp³-hybridized carbons (Fsp3) is 0.474. The van der Waals surface area contributed by atoms with Crippen molar-refractivity contribution in [2.45, 2.75) is 59.3 Å². The molecule has 0 fully saturated rings. The number of nitrogens with zero attached hydrogens (tertiary/aromatic N) is 2. The van der Waals surface area contributed by atoms with Crippen LogP contribution >= 0.6 is 0 Å². The second-order valence-corrected chi connectivity index (χ2v) is 6.55. The van der Waals surface area contributed by atoms with Gasteiger partial charge in [-0.2, -0.15) is 0 Å². The number of rotatable bonds is 8.